The van der Waals surface area contributed by atoms with Crippen molar-refractivity contribution in [1.82, 2.24) is 15.0 Å². The van der Waals surface area contributed by atoms with E-state index in [-0.39, 0.29) is 0 Å². The van der Waals surface area contributed by atoms with Crippen molar-refractivity contribution in [3.63, 3.8) is 0 Å². The number of aliphatic hydroxyl groups is 1. The van der Waals surface area contributed by atoms with Crippen molar-refractivity contribution in [3.8, 4) is 28.6 Å². The summed E-state index contributed by atoms with van der Waals surface area (Å²) in [5, 5.41) is 11.9. The summed E-state index contributed by atoms with van der Waals surface area (Å²) in [6.07, 6.45) is 2.60. The molecule has 0 aliphatic rings. The molecule has 0 fully saturated rings. The minimum atomic E-state index is -0.930. The summed E-state index contributed by atoms with van der Waals surface area (Å²) in [4.78, 5) is 10.9. The molecule has 7 nitrogen and oxygen atoms in total. The summed E-state index contributed by atoms with van der Waals surface area (Å²) in [5.74, 6) is 2.11. The Kier molecular flexibility index (Phi) is 4.67. The highest BCUT2D eigenvalue weighted by atomic mass is 16.5. The molecule has 4 aromatic rings. The molecule has 0 aliphatic heterocycles. The van der Waals surface area contributed by atoms with Gasteiger partial charge in [-0.3, -0.25) is 0 Å². The Morgan fingerprint density at radius 1 is 1.00 bits per heavy atom. The van der Waals surface area contributed by atoms with Gasteiger partial charge < -0.3 is 29.3 Å². The van der Waals surface area contributed by atoms with Crippen LogP contribution in [0.2, 0.25) is 0 Å². The summed E-state index contributed by atoms with van der Waals surface area (Å²) in [6, 6.07) is 11.4. The summed E-state index contributed by atoms with van der Waals surface area (Å²) >= 11 is 0. The first-order valence-corrected chi connectivity index (χ1v) is 8.75. The number of aromatic nitrogens is 3. The fourth-order valence-electron chi connectivity index (χ4n) is 3.32. The van der Waals surface area contributed by atoms with Gasteiger partial charge in [0.2, 0.25) is 5.75 Å². The maximum absolute atomic E-state index is 10.9. The van der Waals surface area contributed by atoms with Crippen LogP contribution in [-0.4, -0.2) is 41.4 Å². The lowest BCUT2D eigenvalue weighted by Crippen LogP contribution is -2.03. The maximum Gasteiger partial charge on any atom is 0.203 e. The van der Waals surface area contributed by atoms with Gasteiger partial charge in [0.1, 0.15) is 11.9 Å². The van der Waals surface area contributed by atoms with Gasteiger partial charge in [0.05, 0.1) is 33.2 Å². The number of para-hydroxylation sites is 1. The zero-order valence-electron chi connectivity index (χ0n) is 15.8. The topological polar surface area (TPSA) is 92.4 Å². The van der Waals surface area contributed by atoms with Gasteiger partial charge >= 0.3 is 0 Å². The molecule has 1 unspecified atom stereocenters. The third-order valence-electron chi connectivity index (χ3n) is 4.74. The normalized spacial score (nSPS) is 12.1. The minimum absolute atomic E-state index is 0.477. The van der Waals surface area contributed by atoms with Gasteiger partial charge in [0.15, 0.2) is 11.5 Å². The summed E-state index contributed by atoms with van der Waals surface area (Å²) < 4.78 is 16.1. The zero-order valence-corrected chi connectivity index (χ0v) is 15.8. The zero-order chi connectivity index (χ0) is 19.7. The van der Waals surface area contributed by atoms with Crippen LogP contribution >= 0.6 is 0 Å². The van der Waals surface area contributed by atoms with Crippen LogP contribution < -0.4 is 14.2 Å². The number of H-pyrrole nitrogens is 2. The Hall–Kier alpha value is -3.45. The molecule has 0 radical (unpaired) electrons. The van der Waals surface area contributed by atoms with Gasteiger partial charge in [-0.05, 0) is 23.8 Å². The van der Waals surface area contributed by atoms with E-state index in [0.29, 0.717) is 34.3 Å². The average molecular weight is 379 g/mol. The van der Waals surface area contributed by atoms with Crippen molar-refractivity contribution >= 4 is 10.9 Å². The number of aliphatic hydroxyl groups excluding tert-OH is 1. The molecule has 2 aromatic heterocycles. The molecule has 0 bridgehead atoms. The second-order valence-electron chi connectivity index (χ2n) is 6.30. The highest BCUT2D eigenvalue weighted by Crippen LogP contribution is 2.40. The van der Waals surface area contributed by atoms with Crippen molar-refractivity contribution in [3.05, 3.63) is 60.0 Å². The van der Waals surface area contributed by atoms with Crippen molar-refractivity contribution in [2.24, 2.45) is 0 Å². The van der Waals surface area contributed by atoms with E-state index in [2.05, 4.69) is 15.0 Å². The van der Waals surface area contributed by atoms with Crippen LogP contribution in [0.25, 0.3) is 22.3 Å². The Morgan fingerprint density at radius 3 is 2.39 bits per heavy atom. The lowest BCUT2D eigenvalue weighted by atomic mass is 10.1. The molecule has 7 heteroatoms. The number of nitrogens with zero attached hydrogens (tertiary/aromatic N) is 1. The minimum Gasteiger partial charge on any atom is -0.493 e. The van der Waals surface area contributed by atoms with Gasteiger partial charge in [-0.15, -0.1) is 0 Å². The summed E-state index contributed by atoms with van der Waals surface area (Å²) in [6.45, 7) is 0. The van der Waals surface area contributed by atoms with E-state index in [0.717, 1.165) is 16.5 Å². The van der Waals surface area contributed by atoms with Crippen LogP contribution in [0.5, 0.6) is 17.2 Å². The first-order valence-electron chi connectivity index (χ1n) is 8.75. The third kappa shape index (κ3) is 2.95. The van der Waals surface area contributed by atoms with Gasteiger partial charge in [0, 0.05) is 22.7 Å². The Balaban J connectivity index is 1.71. The summed E-state index contributed by atoms with van der Waals surface area (Å²) in [5.41, 5.74) is 3.14. The van der Waals surface area contributed by atoms with E-state index < -0.39 is 6.10 Å². The molecule has 4 rings (SSSR count). The average Bonchev–Trinajstić information content (AvgIpc) is 3.38. The molecular weight excluding hydrogens is 358 g/mol. The van der Waals surface area contributed by atoms with Gasteiger partial charge in [-0.25, -0.2) is 4.98 Å². The molecule has 0 saturated carbocycles. The number of hydrogen-bond acceptors (Lipinski definition) is 5. The molecule has 3 N–H and O–H groups in total. The van der Waals surface area contributed by atoms with Crippen LogP contribution in [0, 0.1) is 0 Å². The summed E-state index contributed by atoms with van der Waals surface area (Å²) in [7, 11) is 4.62. The van der Waals surface area contributed by atoms with Crippen molar-refractivity contribution in [1.29, 1.82) is 0 Å². The molecular formula is C21H21N3O4. The lowest BCUT2D eigenvalue weighted by molar-refractivity contribution is 0.214. The fraction of sp³-hybridized carbons (Fsp3) is 0.190. The maximum atomic E-state index is 10.9. The first kappa shape index (κ1) is 17.9. The lowest BCUT2D eigenvalue weighted by Gasteiger charge is -2.16. The van der Waals surface area contributed by atoms with E-state index in [4.69, 9.17) is 14.2 Å². The van der Waals surface area contributed by atoms with E-state index in [9.17, 15) is 5.11 Å². The first-order chi connectivity index (χ1) is 13.7. The fourth-order valence-corrected chi connectivity index (χ4v) is 3.32. The van der Waals surface area contributed by atoms with Crippen LogP contribution in [0.15, 0.2) is 48.8 Å². The van der Waals surface area contributed by atoms with E-state index in [1.165, 1.54) is 0 Å². The molecule has 0 saturated heterocycles. The van der Waals surface area contributed by atoms with E-state index >= 15 is 0 Å². The standard InChI is InChI=1S/C21H21N3O4/c1-26-17-8-12(9-18(27-2)20(17)28-3)19(25)16-11-23-21(24-16)14-10-22-15-7-5-4-6-13(14)15/h4-11,19,22,25H,1-3H3,(H,23,24). The second-order valence-corrected chi connectivity index (χ2v) is 6.30. The van der Waals surface area contributed by atoms with Crippen molar-refractivity contribution in [2.45, 2.75) is 6.10 Å². The number of hydrogen-bond donors (Lipinski definition) is 3. The molecule has 0 aliphatic carbocycles. The number of methoxy groups -OCH3 is 3. The molecule has 144 valence electrons. The molecule has 2 aromatic carbocycles. The Morgan fingerprint density at radius 2 is 1.71 bits per heavy atom. The van der Waals surface area contributed by atoms with Gasteiger partial charge in [0.25, 0.3) is 0 Å². The Labute approximate surface area is 161 Å². The molecule has 1 atom stereocenters. The highest BCUT2D eigenvalue weighted by molar-refractivity contribution is 5.93. The third-order valence-corrected chi connectivity index (χ3v) is 4.74. The van der Waals surface area contributed by atoms with Crippen LogP contribution in [0.1, 0.15) is 17.4 Å². The number of nitrogens with one attached hydrogen (secondary N) is 2. The van der Waals surface area contributed by atoms with E-state index in [1.54, 1.807) is 39.7 Å². The molecule has 2 heterocycles. The number of aromatic amines is 2. The molecule has 0 spiro atoms. The predicted molar refractivity (Wildman–Crippen MR) is 106 cm³/mol. The Bertz CT molecular complexity index is 1090. The second kappa shape index (κ2) is 7.28. The van der Waals surface area contributed by atoms with Gasteiger partial charge in [-0.1, -0.05) is 18.2 Å². The monoisotopic (exact) mass is 379 g/mol. The smallest absolute Gasteiger partial charge is 0.203 e. The van der Waals surface area contributed by atoms with Gasteiger partial charge in [-0.2, -0.15) is 0 Å². The molecule has 0 amide bonds. The largest absolute Gasteiger partial charge is 0.493 e. The van der Waals surface area contributed by atoms with E-state index in [1.807, 2.05) is 30.5 Å². The number of ether oxygens (including phenoxy) is 3. The van der Waals surface area contributed by atoms with Crippen molar-refractivity contribution < 1.29 is 19.3 Å². The molecule has 28 heavy (non-hydrogen) atoms. The number of rotatable bonds is 6. The predicted octanol–water partition coefficient (Wildman–Crippen LogP) is 3.67. The number of benzene rings is 2. The number of fused-ring (bicyclic) bond motifs is 1. The number of imidazole rings is 1. The van der Waals surface area contributed by atoms with Crippen LogP contribution in [0.3, 0.4) is 0 Å². The van der Waals surface area contributed by atoms with Crippen LogP contribution in [-0.2, 0) is 0 Å². The highest BCUT2D eigenvalue weighted by Gasteiger charge is 2.20. The quantitative estimate of drug-likeness (QED) is 0.475. The SMILES string of the molecule is COc1cc(C(O)c2cnc(-c3c[nH]c4ccccc34)[nH]2)cc(OC)c1OC. The van der Waals surface area contributed by atoms with Crippen molar-refractivity contribution in [2.75, 3.05) is 21.3 Å². The van der Waals surface area contributed by atoms with Crippen LogP contribution in [0.4, 0.5) is 0 Å².